The van der Waals surface area contributed by atoms with Crippen molar-refractivity contribution in [1.29, 1.82) is 0 Å². The number of nitrogen functional groups attached to an aromatic ring is 1. The summed E-state index contributed by atoms with van der Waals surface area (Å²) < 4.78 is 140. The van der Waals surface area contributed by atoms with Crippen molar-refractivity contribution in [3.63, 3.8) is 0 Å². The normalized spacial score (nSPS) is 20.4. The number of aromatic amines is 1. The molecule has 0 saturated carbocycles. The zero-order chi connectivity index (χ0) is 68.3. The molecule has 6 atom stereocenters. The van der Waals surface area contributed by atoms with E-state index >= 15 is 0 Å². The van der Waals surface area contributed by atoms with Crippen LogP contribution < -0.4 is 46.7 Å². The number of carbonyl (C=O) groups excluding carboxylic acids is 3. The van der Waals surface area contributed by atoms with Crippen molar-refractivity contribution in [3.05, 3.63) is 116 Å². The van der Waals surface area contributed by atoms with Crippen molar-refractivity contribution in [2.24, 2.45) is 0 Å². The van der Waals surface area contributed by atoms with Gasteiger partial charge in [-0.25, -0.2) is 28.0 Å². The molecule has 504 valence electrons. The number of benzene rings is 3. The molecule has 4 aliphatic rings. The average molecular weight is 1400 g/mol. The van der Waals surface area contributed by atoms with Crippen molar-refractivity contribution in [2.45, 2.75) is 90.0 Å². The van der Waals surface area contributed by atoms with Crippen molar-refractivity contribution < 1.29 is 106 Å². The maximum atomic E-state index is 14.8. The van der Waals surface area contributed by atoms with Gasteiger partial charge in [0.05, 0.1) is 30.1 Å². The van der Waals surface area contributed by atoms with Gasteiger partial charge < -0.3 is 65.1 Å². The molecule has 0 radical (unpaired) electrons. The third-order valence-electron chi connectivity index (χ3n) is 15.5. The third-order valence-corrected chi connectivity index (χ3v) is 20.6. The number of phosphoric ester groups is 1. The first-order chi connectivity index (χ1) is 43.2. The second kappa shape index (κ2) is 26.3. The number of alkyl carbamates (subject to hydrolysis) is 1. The molecule has 93 heavy (non-hydrogen) atoms. The Labute approximate surface area is 530 Å². The number of aliphatic hydroxyl groups is 1. The molecule has 3 aromatic carbocycles. The lowest BCUT2D eigenvalue weighted by Crippen LogP contribution is -2.50. The Morgan fingerprint density at radius 2 is 1.54 bits per heavy atom. The van der Waals surface area contributed by atoms with Gasteiger partial charge in [-0.05, 0) is 75.1 Å². The number of amides is 3. The second-order valence-electron chi connectivity index (χ2n) is 23.0. The van der Waals surface area contributed by atoms with Gasteiger partial charge in [-0.1, -0.05) is 24.3 Å². The highest BCUT2D eigenvalue weighted by Crippen LogP contribution is 2.66. The van der Waals surface area contributed by atoms with Crippen LogP contribution in [-0.2, 0) is 61.3 Å². The average Bonchev–Trinajstić information content (AvgIpc) is 1.39. The molecule has 3 amide bonds. The Kier molecular flexibility index (Phi) is 19.8. The molecule has 1 fully saturated rings. The van der Waals surface area contributed by atoms with Crippen LogP contribution in [0.3, 0.4) is 0 Å². The SMILES string of the molecule is CCN1c2cc3c(cc2C(CS(=O)(=O)O)=CC1(C)C)C(c1ccccc1C(=O)N(C)CCCC(=O)NCCNC(=O)O[C@@H]1[C@H](O)[C@@H](COP(=O)(O)OP(=O)(O)OP(=O)(O)O)O[C@H]1n1cnc2c(=O)[nH]c(N)nc21)=c1cc2c(cc1O3)=[N+](CC)C(C)(C)C=C2CS(=O)(=O)O. The molecule has 2 aromatic heterocycles. The topological polar surface area (TPSA) is 491 Å². The van der Waals surface area contributed by atoms with Gasteiger partial charge in [0.1, 0.15) is 41.8 Å². The standard InChI is InChI=1S/C54H67N10O24P3S2/c1-8-63-37-21-39-35(19-33(37)29(23-53(63,3)4)26-92(77,78)79)43(36-20-34-30(27-93(80,81)82)24-54(5,6)64(9-2)38(34)22-40(36)84-39)31-13-10-11-14-32(31)49(68)61(7)18-12-15-42(65)56-16-17-57-52(69)86-46-45(66)41(25-83-90(73,74)88-91(75,76)87-89(70,71)72)85-50(46)62-28-58-44-47(62)59-51(55)60-48(44)67/h10-11,13-14,19-24,28,41,45-46,50,66H,8-9,12,15-18,25-27H2,1-7H3,(H10-,55,56,57,59,60,65,67,69,70,71,72,73,74,75,76,77,78,79,80,81,82)/p+1/t41-,45-,46-,50-/m1/s1. The van der Waals surface area contributed by atoms with Crippen LogP contribution in [-0.4, -0.2) is 180 Å². The summed E-state index contributed by atoms with van der Waals surface area (Å²) >= 11 is 0. The van der Waals surface area contributed by atoms with Crippen LogP contribution in [0.4, 0.5) is 16.4 Å². The molecule has 12 N–H and O–H groups in total. The van der Waals surface area contributed by atoms with Gasteiger partial charge in [0, 0.05) is 92.7 Å². The van der Waals surface area contributed by atoms with E-state index in [9.17, 15) is 73.7 Å². The number of nitrogens with two attached hydrogens (primary N) is 1. The molecule has 6 heterocycles. The molecule has 2 unspecified atom stereocenters. The molecule has 4 aliphatic heterocycles. The summed E-state index contributed by atoms with van der Waals surface area (Å²) in [6, 6.07) is 13.8. The second-order valence-corrected chi connectivity index (χ2v) is 30.4. The number of hydrogen-bond donors (Lipinski definition) is 11. The van der Waals surface area contributed by atoms with E-state index in [1.54, 1.807) is 60.7 Å². The van der Waals surface area contributed by atoms with Crippen LogP contribution in [0, 0.1) is 0 Å². The van der Waals surface area contributed by atoms with Gasteiger partial charge in [-0.15, -0.1) is 0 Å². The summed E-state index contributed by atoms with van der Waals surface area (Å²) in [5, 5.41) is 17.3. The monoisotopic (exact) mass is 1400 g/mol. The number of imidazole rings is 1. The van der Waals surface area contributed by atoms with Crippen LogP contribution in [0.1, 0.15) is 93.2 Å². The van der Waals surface area contributed by atoms with E-state index < -0.39 is 127 Å². The van der Waals surface area contributed by atoms with Crippen molar-refractivity contribution >= 4 is 101 Å². The number of H-pyrrole nitrogens is 1. The Hall–Kier alpha value is -7.08. The Morgan fingerprint density at radius 3 is 2.19 bits per heavy atom. The molecular weight excluding hydrogens is 1330 g/mol. The van der Waals surface area contributed by atoms with Gasteiger partial charge in [-0.2, -0.15) is 30.4 Å². The predicted octanol–water partition coefficient (Wildman–Crippen LogP) is 1.88. The number of phosphoric acid groups is 3. The molecule has 5 aromatic rings. The zero-order valence-electron chi connectivity index (χ0n) is 50.7. The van der Waals surface area contributed by atoms with E-state index in [0.29, 0.717) is 79.8 Å². The first-order valence-electron chi connectivity index (χ1n) is 28.4. The van der Waals surface area contributed by atoms with Crippen molar-refractivity contribution in [1.82, 2.24) is 39.6 Å². The first kappa shape index (κ1) is 70.2. The number of aliphatic hydroxyl groups excluding tert-OH is 1. The van der Waals surface area contributed by atoms with E-state index in [4.69, 9.17) is 29.7 Å². The highest BCUT2D eigenvalue weighted by molar-refractivity contribution is 7.86. The van der Waals surface area contributed by atoms with E-state index in [1.165, 1.54) is 11.9 Å². The first-order valence-corrected chi connectivity index (χ1v) is 36.1. The highest BCUT2D eigenvalue weighted by atomic mass is 32.2. The van der Waals surface area contributed by atoms with Gasteiger partial charge >= 0.3 is 29.6 Å². The number of likely N-dealkylation sites (N-methyl/N-ethyl adjacent to an activating group) is 2. The van der Waals surface area contributed by atoms with Gasteiger partial charge in [0.2, 0.25) is 17.2 Å². The molecule has 0 aliphatic carbocycles. The van der Waals surface area contributed by atoms with Crippen molar-refractivity contribution in [2.75, 3.05) is 68.5 Å². The number of ether oxygens (including phenoxy) is 3. The van der Waals surface area contributed by atoms with Gasteiger partial charge in [-0.3, -0.25) is 37.6 Å². The summed E-state index contributed by atoms with van der Waals surface area (Å²) in [6.45, 7) is 10.8. The van der Waals surface area contributed by atoms with Gasteiger partial charge in [0.25, 0.3) is 31.7 Å². The number of rotatable bonds is 24. The maximum absolute atomic E-state index is 14.8. The predicted molar refractivity (Wildman–Crippen MR) is 332 cm³/mol. The Balaban J connectivity index is 0.915. The molecule has 0 bridgehead atoms. The molecule has 0 spiro atoms. The van der Waals surface area contributed by atoms with Gasteiger partial charge in [0.15, 0.2) is 29.0 Å². The van der Waals surface area contributed by atoms with E-state index in [1.807, 2.05) is 41.5 Å². The number of hydrogen-bond acceptors (Lipinski definition) is 22. The van der Waals surface area contributed by atoms with E-state index in [2.05, 4.69) is 48.2 Å². The van der Waals surface area contributed by atoms with Crippen molar-refractivity contribution in [3.8, 4) is 11.5 Å². The fraction of sp³-hybridized carbons (Fsp3) is 0.426. The number of fused-ring (bicyclic) bond motifs is 5. The largest absolute Gasteiger partial charge is 0.490 e. The zero-order valence-corrected chi connectivity index (χ0v) is 55.0. The number of nitrogens with zero attached hydrogens (tertiary/aromatic N) is 6. The third kappa shape index (κ3) is 15.9. The van der Waals surface area contributed by atoms with E-state index in [0.717, 1.165) is 10.9 Å². The Morgan fingerprint density at radius 1 is 0.871 bits per heavy atom. The van der Waals surface area contributed by atoms with Crippen LogP contribution in [0.5, 0.6) is 11.5 Å². The van der Waals surface area contributed by atoms with Crippen LogP contribution in [0.15, 0.2) is 71.8 Å². The Bertz CT molecular complexity index is 4530. The molecular formula is C54H68N10O24P3S2+. The smallest absolute Gasteiger partial charge is 0.456 e. The quantitative estimate of drug-likeness (QED) is 0.0178. The molecule has 1 saturated heterocycles. The van der Waals surface area contributed by atoms with Crippen LogP contribution in [0.2, 0.25) is 0 Å². The number of anilines is 2. The molecule has 9 rings (SSSR count). The summed E-state index contributed by atoms with van der Waals surface area (Å²) in [5.41, 5.74) is 6.51. The fourth-order valence-electron chi connectivity index (χ4n) is 11.9. The molecule has 34 nitrogen and oxygen atoms in total. The minimum absolute atomic E-state index is 0.0362. The summed E-state index contributed by atoms with van der Waals surface area (Å²) in [6.07, 6.45) is -3.91. The van der Waals surface area contributed by atoms with Crippen LogP contribution in [0.25, 0.3) is 27.9 Å². The van der Waals surface area contributed by atoms with Crippen LogP contribution >= 0.6 is 23.5 Å². The van der Waals surface area contributed by atoms with E-state index in [-0.39, 0.29) is 49.2 Å². The summed E-state index contributed by atoms with van der Waals surface area (Å²) in [4.78, 5) is 105. The summed E-state index contributed by atoms with van der Waals surface area (Å²) in [7, 11) is -25.0. The number of carbonyl (C=O) groups is 3. The molecule has 39 heteroatoms. The lowest BCUT2D eigenvalue weighted by molar-refractivity contribution is -0.121. The minimum atomic E-state index is -5.95. The maximum Gasteiger partial charge on any atom is 0.490 e. The minimum Gasteiger partial charge on any atom is -0.456 e. The lowest BCUT2D eigenvalue weighted by Gasteiger charge is -2.43. The fourth-order valence-corrected chi connectivity index (χ4v) is 16.2. The number of nitrogens with one attached hydrogen (secondary N) is 3. The lowest BCUT2D eigenvalue weighted by atomic mass is 9.83. The number of aromatic nitrogens is 4. The summed E-state index contributed by atoms with van der Waals surface area (Å²) in [5.74, 6) is -2.14. The highest BCUT2D eigenvalue weighted by Gasteiger charge is 2.50.